The molecule has 0 unspecified atom stereocenters. The van der Waals surface area contributed by atoms with Gasteiger partial charge in [0, 0.05) is 13.1 Å². The maximum absolute atomic E-state index is 10.9. The molecule has 0 aliphatic rings. The second-order valence-electron chi connectivity index (χ2n) is 3.03. The van der Waals surface area contributed by atoms with Crippen LogP contribution in [0.4, 0.5) is 9.59 Å². The molecular weight excluding hydrogens is 232 g/mol. The van der Waals surface area contributed by atoms with Gasteiger partial charge in [-0.3, -0.25) is 0 Å². The van der Waals surface area contributed by atoms with Gasteiger partial charge in [-0.2, -0.15) is 0 Å². The number of carbonyl (C=O) groups is 2. The molecule has 0 rings (SSSR count). The predicted octanol–water partition coefficient (Wildman–Crippen LogP) is -0.369. The van der Waals surface area contributed by atoms with Crippen LogP contribution in [0.15, 0.2) is 0 Å². The molecule has 0 aromatic carbocycles. The minimum absolute atomic E-state index is 0.240. The molecule has 0 saturated heterocycles. The van der Waals surface area contributed by atoms with Crippen LogP contribution in [-0.2, 0) is 0 Å². The molecule has 4 N–H and O–H groups in total. The van der Waals surface area contributed by atoms with Crippen molar-refractivity contribution in [2.24, 2.45) is 0 Å². The average Bonchev–Trinajstić information content (AvgIpc) is 2.33. The first-order chi connectivity index (χ1) is 8.70. The first-order valence-electron chi connectivity index (χ1n) is 5.69. The van der Waals surface area contributed by atoms with E-state index in [1.54, 1.807) is 0 Å². The Morgan fingerprint density at radius 2 is 1.17 bits per heavy atom. The van der Waals surface area contributed by atoms with Crippen LogP contribution in [0, 0.1) is 23.7 Å². The number of rotatable bonds is 4. The van der Waals surface area contributed by atoms with Crippen molar-refractivity contribution in [2.75, 3.05) is 26.2 Å². The molecule has 0 heterocycles. The third-order valence-corrected chi connectivity index (χ3v) is 1.59. The summed E-state index contributed by atoms with van der Waals surface area (Å²) < 4.78 is 0. The lowest BCUT2D eigenvalue weighted by molar-refractivity contribution is 0.241. The van der Waals surface area contributed by atoms with E-state index in [1.165, 1.54) is 0 Å². The van der Waals surface area contributed by atoms with Crippen molar-refractivity contribution in [3.8, 4) is 23.7 Å². The monoisotopic (exact) mass is 250 g/mol. The van der Waals surface area contributed by atoms with Gasteiger partial charge in [-0.05, 0) is 25.7 Å². The summed E-state index contributed by atoms with van der Waals surface area (Å²) in [6.45, 7) is 5.29. The molecule has 0 spiro atoms. The highest BCUT2D eigenvalue weighted by atomic mass is 16.2. The smallest absolute Gasteiger partial charge is 0.315 e. The van der Waals surface area contributed by atoms with E-state index < -0.39 is 0 Å². The van der Waals surface area contributed by atoms with Crippen LogP contribution in [0.25, 0.3) is 0 Å². The molecule has 0 atom stereocenters. The summed E-state index contributed by atoms with van der Waals surface area (Å²) in [4.78, 5) is 21.9. The maximum atomic E-state index is 10.9. The Morgan fingerprint density at radius 3 is 1.50 bits per heavy atom. The molecule has 98 valence electrons. The zero-order valence-corrected chi connectivity index (χ0v) is 10.6. The Balaban J connectivity index is 3.65. The Hall–Kier alpha value is -2.34. The molecule has 6 heteroatoms. The molecule has 0 saturated carbocycles. The van der Waals surface area contributed by atoms with Gasteiger partial charge in [0.25, 0.3) is 0 Å². The van der Waals surface area contributed by atoms with E-state index >= 15 is 0 Å². The van der Waals surface area contributed by atoms with Crippen LogP contribution in [0.1, 0.15) is 13.8 Å². The summed E-state index contributed by atoms with van der Waals surface area (Å²) in [5.74, 6) is 10.5. The van der Waals surface area contributed by atoms with E-state index in [2.05, 4.69) is 44.9 Å². The van der Waals surface area contributed by atoms with Crippen LogP contribution < -0.4 is 21.3 Å². The van der Waals surface area contributed by atoms with Gasteiger partial charge in [0.1, 0.15) is 0 Å². The Bertz CT molecular complexity index is 346. The van der Waals surface area contributed by atoms with E-state index in [-0.39, 0.29) is 25.2 Å². The highest BCUT2D eigenvalue weighted by Crippen LogP contribution is 1.64. The average molecular weight is 250 g/mol. The normalized spacial score (nSPS) is 7.89. The zero-order chi connectivity index (χ0) is 13.6. The quantitative estimate of drug-likeness (QED) is 0.514. The maximum Gasteiger partial charge on any atom is 0.315 e. The van der Waals surface area contributed by atoms with Crippen molar-refractivity contribution in [1.29, 1.82) is 0 Å². The second-order valence-corrected chi connectivity index (χ2v) is 3.03. The molecule has 0 bridgehead atoms. The third-order valence-electron chi connectivity index (χ3n) is 1.59. The van der Waals surface area contributed by atoms with E-state index in [0.29, 0.717) is 13.1 Å². The lowest BCUT2D eigenvalue weighted by Crippen LogP contribution is -2.35. The van der Waals surface area contributed by atoms with E-state index in [1.807, 2.05) is 13.8 Å². The van der Waals surface area contributed by atoms with Crippen molar-refractivity contribution >= 4 is 12.1 Å². The van der Waals surface area contributed by atoms with Crippen molar-refractivity contribution < 1.29 is 9.59 Å². The number of carbonyl (C=O) groups excluding carboxylic acids is 2. The summed E-state index contributed by atoms with van der Waals surface area (Å²) in [6, 6.07) is -0.504. The van der Waals surface area contributed by atoms with Gasteiger partial charge in [0.05, 0.1) is 13.1 Å². The number of hydrogen-bond donors (Lipinski definition) is 4. The van der Waals surface area contributed by atoms with Gasteiger partial charge in [-0.15, -0.1) is 0 Å². The molecule has 0 aromatic heterocycles. The van der Waals surface area contributed by atoms with Crippen molar-refractivity contribution in [3.05, 3.63) is 0 Å². The van der Waals surface area contributed by atoms with E-state index in [9.17, 15) is 9.59 Å². The Morgan fingerprint density at radius 1 is 0.778 bits per heavy atom. The van der Waals surface area contributed by atoms with Gasteiger partial charge in [-0.25, -0.2) is 9.59 Å². The highest BCUT2D eigenvalue weighted by Gasteiger charge is 1.92. The minimum atomic E-state index is -0.252. The number of hydrogen-bond acceptors (Lipinski definition) is 2. The molecule has 0 radical (unpaired) electrons. The van der Waals surface area contributed by atoms with Gasteiger partial charge >= 0.3 is 12.1 Å². The zero-order valence-electron chi connectivity index (χ0n) is 10.6. The molecule has 6 nitrogen and oxygen atoms in total. The van der Waals surface area contributed by atoms with Crippen molar-refractivity contribution in [1.82, 2.24) is 21.3 Å². The van der Waals surface area contributed by atoms with Crippen molar-refractivity contribution in [3.63, 3.8) is 0 Å². The largest absolute Gasteiger partial charge is 0.338 e. The first-order valence-corrected chi connectivity index (χ1v) is 5.69. The lowest BCUT2D eigenvalue weighted by Gasteiger charge is -2.00. The number of amides is 4. The fourth-order valence-corrected chi connectivity index (χ4v) is 0.872. The van der Waals surface area contributed by atoms with Crippen molar-refractivity contribution in [2.45, 2.75) is 13.8 Å². The molecule has 0 aliphatic carbocycles. The van der Waals surface area contributed by atoms with E-state index in [0.717, 1.165) is 0 Å². The lowest BCUT2D eigenvalue weighted by atomic mass is 10.5. The molecular formula is C12H18N4O2. The molecule has 4 amide bonds. The molecule has 0 aromatic rings. The third kappa shape index (κ3) is 10.2. The van der Waals surface area contributed by atoms with Gasteiger partial charge in [-0.1, -0.05) is 11.8 Å². The van der Waals surface area contributed by atoms with Gasteiger partial charge < -0.3 is 21.3 Å². The molecule has 0 aliphatic heterocycles. The molecule has 0 fully saturated rings. The highest BCUT2D eigenvalue weighted by molar-refractivity contribution is 5.74. The van der Waals surface area contributed by atoms with Crippen LogP contribution in [0.2, 0.25) is 0 Å². The predicted molar refractivity (Wildman–Crippen MR) is 69.7 cm³/mol. The van der Waals surface area contributed by atoms with Crippen LogP contribution in [0.5, 0.6) is 0 Å². The SMILES string of the molecule is CCNC(=O)NCC#CC#CCNC(=O)NCC. The Kier molecular flexibility index (Phi) is 9.70. The van der Waals surface area contributed by atoms with E-state index in [4.69, 9.17) is 0 Å². The summed E-state index contributed by atoms with van der Waals surface area (Å²) in [6.07, 6.45) is 0. The molecule has 18 heavy (non-hydrogen) atoms. The second kappa shape index (κ2) is 11.2. The topological polar surface area (TPSA) is 82.3 Å². The Labute approximate surface area is 107 Å². The minimum Gasteiger partial charge on any atom is -0.338 e. The summed E-state index contributed by atoms with van der Waals surface area (Å²) >= 11 is 0. The fraction of sp³-hybridized carbons (Fsp3) is 0.500. The van der Waals surface area contributed by atoms with Gasteiger partial charge in [0.2, 0.25) is 0 Å². The van der Waals surface area contributed by atoms with Crippen LogP contribution in [-0.4, -0.2) is 38.2 Å². The summed E-state index contributed by atoms with van der Waals surface area (Å²) in [5, 5.41) is 10.2. The van der Waals surface area contributed by atoms with Gasteiger partial charge in [0.15, 0.2) is 0 Å². The number of urea groups is 2. The first kappa shape index (κ1) is 15.7. The summed E-state index contributed by atoms with van der Waals surface area (Å²) in [5.41, 5.74) is 0. The van der Waals surface area contributed by atoms with Crippen LogP contribution >= 0.6 is 0 Å². The standard InChI is InChI=1S/C12H18N4O2/c1-3-13-11(17)15-9-7-5-6-8-10-16-12(18)14-4-2/h3-4,9-10H2,1-2H3,(H2,13,15,17)(H2,14,16,18). The van der Waals surface area contributed by atoms with Crippen LogP contribution in [0.3, 0.4) is 0 Å². The number of nitrogens with one attached hydrogen (secondary N) is 4. The summed E-state index contributed by atoms with van der Waals surface area (Å²) in [7, 11) is 0. The fourth-order valence-electron chi connectivity index (χ4n) is 0.872.